The zero-order valence-corrected chi connectivity index (χ0v) is 10.2. The molecule has 2 aliphatic rings. The molecule has 0 N–H and O–H groups in total. The van der Waals surface area contributed by atoms with Crippen LogP contribution in [0.1, 0.15) is 40.0 Å². The van der Waals surface area contributed by atoms with E-state index in [2.05, 4.69) is 45.1 Å². The van der Waals surface area contributed by atoms with Crippen LogP contribution in [0, 0.1) is 17.8 Å². The van der Waals surface area contributed by atoms with Crippen LogP contribution in [0.4, 0.5) is 0 Å². The molecule has 82 valence electrons. The summed E-state index contributed by atoms with van der Waals surface area (Å²) in [5, 5.41) is 0. The van der Waals surface area contributed by atoms with E-state index >= 15 is 0 Å². The van der Waals surface area contributed by atoms with Gasteiger partial charge in [-0.25, -0.2) is 0 Å². The minimum absolute atomic E-state index is 0.653. The van der Waals surface area contributed by atoms with Crippen LogP contribution in [0.2, 0.25) is 0 Å². The first-order valence-electron chi connectivity index (χ1n) is 6.23. The van der Waals surface area contributed by atoms with Crippen LogP contribution in [0.3, 0.4) is 0 Å². The molecule has 0 heterocycles. The summed E-state index contributed by atoms with van der Waals surface area (Å²) >= 11 is 0. The fraction of sp³-hybridized carbons (Fsp3) is 0.600. The van der Waals surface area contributed by atoms with Crippen LogP contribution >= 0.6 is 0 Å². The fourth-order valence-electron chi connectivity index (χ4n) is 2.55. The second kappa shape index (κ2) is 4.38. The lowest BCUT2D eigenvalue weighted by atomic mass is 9.81. The van der Waals surface area contributed by atoms with Gasteiger partial charge in [0.15, 0.2) is 0 Å². The molecule has 0 aliphatic heterocycles. The van der Waals surface area contributed by atoms with E-state index in [1.807, 2.05) is 0 Å². The first-order chi connectivity index (χ1) is 7.15. The van der Waals surface area contributed by atoms with Gasteiger partial charge in [0.2, 0.25) is 0 Å². The van der Waals surface area contributed by atoms with Crippen molar-refractivity contribution in [2.75, 3.05) is 0 Å². The molecule has 2 aliphatic carbocycles. The summed E-state index contributed by atoms with van der Waals surface area (Å²) < 4.78 is 0. The summed E-state index contributed by atoms with van der Waals surface area (Å²) in [6.07, 6.45) is 13.4. The number of hydrogen-bond acceptors (Lipinski definition) is 0. The molecule has 0 spiro atoms. The summed E-state index contributed by atoms with van der Waals surface area (Å²) in [6, 6.07) is 0. The van der Waals surface area contributed by atoms with Gasteiger partial charge in [0.05, 0.1) is 0 Å². The van der Waals surface area contributed by atoms with Crippen molar-refractivity contribution >= 4 is 0 Å². The zero-order chi connectivity index (χ0) is 10.8. The van der Waals surface area contributed by atoms with Gasteiger partial charge < -0.3 is 0 Å². The van der Waals surface area contributed by atoms with Gasteiger partial charge in [0.1, 0.15) is 0 Å². The summed E-state index contributed by atoms with van der Waals surface area (Å²) in [4.78, 5) is 0. The molecule has 0 saturated carbocycles. The van der Waals surface area contributed by atoms with E-state index in [-0.39, 0.29) is 0 Å². The van der Waals surface area contributed by atoms with Gasteiger partial charge in [-0.15, -0.1) is 0 Å². The SMILES string of the molecule is CC1C=CC(CC2=C[C@@H](C)C(C)CC2)=C1. The Kier molecular flexibility index (Phi) is 3.14. The maximum absolute atomic E-state index is 2.51. The summed E-state index contributed by atoms with van der Waals surface area (Å²) in [7, 11) is 0. The lowest BCUT2D eigenvalue weighted by Gasteiger charge is -2.24. The van der Waals surface area contributed by atoms with Crippen LogP contribution in [0.5, 0.6) is 0 Å². The second-order valence-corrected chi connectivity index (χ2v) is 5.34. The largest absolute Gasteiger partial charge is 0.0819 e. The Morgan fingerprint density at radius 1 is 1.20 bits per heavy atom. The van der Waals surface area contributed by atoms with Crippen molar-refractivity contribution < 1.29 is 0 Å². The fourth-order valence-corrected chi connectivity index (χ4v) is 2.55. The van der Waals surface area contributed by atoms with Gasteiger partial charge in [0.25, 0.3) is 0 Å². The van der Waals surface area contributed by atoms with Gasteiger partial charge in [-0.05, 0) is 42.6 Å². The molecule has 0 nitrogen and oxygen atoms in total. The highest BCUT2D eigenvalue weighted by Gasteiger charge is 2.17. The van der Waals surface area contributed by atoms with E-state index in [4.69, 9.17) is 0 Å². The molecule has 0 bridgehead atoms. The van der Waals surface area contributed by atoms with E-state index in [9.17, 15) is 0 Å². The van der Waals surface area contributed by atoms with Gasteiger partial charge in [-0.1, -0.05) is 50.6 Å². The molecule has 0 heteroatoms. The van der Waals surface area contributed by atoms with Crippen LogP contribution in [0.15, 0.2) is 35.5 Å². The molecule has 0 saturated heterocycles. The Bertz CT molecular complexity index is 317. The van der Waals surface area contributed by atoms with Gasteiger partial charge in [0, 0.05) is 0 Å². The third-order valence-corrected chi connectivity index (χ3v) is 3.84. The standard InChI is InChI=1S/C15H22/c1-11-4-6-14(8-11)10-15-7-5-12(2)13(3)9-15/h4,6,8-9,11-13H,5,7,10H2,1-3H3/t11?,12?,13-/m1/s1. The van der Waals surface area contributed by atoms with Gasteiger partial charge >= 0.3 is 0 Å². The number of rotatable bonds is 2. The Morgan fingerprint density at radius 3 is 2.60 bits per heavy atom. The third kappa shape index (κ3) is 2.62. The maximum Gasteiger partial charge on any atom is -0.00701 e. The Hall–Kier alpha value is -0.780. The summed E-state index contributed by atoms with van der Waals surface area (Å²) in [5.41, 5.74) is 3.18. The van der Waals surface area contributed by atoms with E-state index in [1.165, 1.54) is 24.8 Å². The average molecular weight is 202 g/mol. The van der Waals surface area contributed by atoms with Gasteiger partial charge in [-0.3, -0.25) is 0 Å². The topological polar surface area (TPSA) is 0 Å². The maximum atomic E-state index is 2.51. The Labute approximate surface area is 93.8 Å². The molecule has 0 aromatic carbocycles. The molecule has 2 unspecified atom stereocenters. The molecule has 0 amide bonds. The van der Waals surface area contributed by atoms with Crippen LogP contribution in [0.25, 0.3) is 0 Å². The normalized spacial score (nSPS) is 35.3. The van der Waals surface area contributed by atoms with E-state index in [0.29, 0.717) is 5.92 Å². The molecular formula is C15H22. The smallest absolute Gasteiger partial charge is 0.00701 e. The molecule has 3 atom stereocenters. The first-order valence-corrected chi connectivity index (χ1v) is 6.23. The third-order valence-electron chi connectivity index (χ3n) is 3.84. The molecule has 0 radical (unpaired) electrons. The molecule has 0 aromatic rings. The van der Waals surface area contributed by atoms with Crippen molar-refractivity contribution in [2.45, 2.75) is 40.0 Å². The average Bonchev–Trinajstić information content (AvgIpc) is 2.58. The van der Waals surface area contributed by atoms with Crippen molar-refractivity contribution in [3.8, 4) is 0 Å². The highest BCUT2D eigenvalue weighted by atomic mass is 14.2. The van der Waals surface area contributed by atoms with Crippen molar-refractivity contribution in [1.29, 1.82) is 0 Å². The van der Waals surface area contributed by atoms with Crippen molar-refractivity contribution in [3.63, 3.8) is 0 Å². The lowest BCUT2D eigenvalue weighted by Crippen LogP contribution is -2.11. The summed E-state index contributed by atoms with van der Waals surface area (Å²) in [6.45, 7) is 6.98. The van der Waals surface area contributed by atoms with E-state index in [0.717, 1.165) is 11.8 Å². The highest BCUT2D eigenvalue weighted by molar-refractivity contribution is 5.33. The summed E-state index contributed by atoms with van der Waals surface area (Å²) in [5.74, 6) is 2.30. The van der Waals surface area contributed by atoms with Crippen LogP contribution < -0.4 is 0 Å². The van der Waals surface area contributed by atoms with Crippen molar-refractivity contribution in [3.05, 3.63) is 35.5 Å². The monoisotopic (exact) mass is 202 g/mol. The molecule has 0 aromatic heterocycles. The molecule has 2 rings (SSSR count). The first kappa shape index (κ1) is 10.7. The molecule has 15 heavy (non-hydrogen) atoms. The van der Waals surface area contributed by atoms with E-state index in [1.54, 1.807) is 5.57 Å². The highest BCUT2D eigenvalue weighted by Crippen LogP contribution is 2.32. The quantitative estimate of drug-likeness (QED) is 0.578. The van der Waals surface area contributed by atoms with Crippen molar-refractivity contribution in [1.82, 2.24) is 0 Å². The van der Waals surface area contributed by atoms with Crippen LogP contribution in [-0.2, 0) is 0 Å². The lowest BCUT2D eigenvalue weighted by molar-refractivity contribution is 0.402. The predicted octanol–water partition coefficient (Wildman–Crippen LogP) is 4.50. The Morgan fingerprint density at radius 2 is 2.00 bits per heavy atom. The van der Waals surface area contributed by atoms with Crippen LogP contribution in [-0.4, -0.2) is 0 Å². The minimum atomic E-state index is 0.653. The predicted molar refractivity (Wildman–Crippen MR) is 66.6 cm³/mol. The Balaban J connectivity index is 1.99. The van der Waals surface area contributed by atoms with Crippen molar-refractivity contribution in [2.24, 2.45) is 17.8 Å². The molecular weight excluding hydrogens is 180 g/mol. The zero-order valence-electron chi connectivity index (χ0n) is 10.2. The number of hydrogen-bond donors (Lipinski definition) is 0. The molecule has 0 fully saturated rings. The second-order valence-electron chi connectivity index (χ2n) is 5.34. The van der Waals surface area contributed by atoms with Gasteiger partial charge in [-0.2, -0.15) is 0 Å². The minimum Gasteiger partial charge on any atom is -0.0819 e. The van der Waals surface area contributed by atoms with E-state index < -0.39 is 0 Å². The number of allylic oxidation sites excluding steroid dienone is 6.